The van der Waals surface area contributed by atoms with E-state index < -0.39 is 8.80 Å². The van der Waals surface area contributed by atoms with Gasteiger partial charge in [0.15, 0.2) is 0 Å². The van der Waals surface area contributed by atoms with Crippen molar-refractivity contribution in [3.8, 4) is 0 Å². The van der Waals surface area contributed by atoms with Crippen LogP contribution < -0.4 is 10.4 Å². The molecule has 1 unspecified atom stereocenters. The Morgan fingerprint density at radius 2 is 1.50 bits per heavy atom. The summed E-state index contributed by atoms with van der Waals surface area (Å²) in [5.41, 5.74) is 1.14. The predicted molar refractivity (Wildman–Crippen MR) is 114 cm³/mol. The summed E-state index contributed by atoms with van der Waals surface area (Å²) < 4.78 is 6.58. The molecule has 3 heteroatoms. The van der Waals surface area contributed by atoms with E-state index in [-0.39, 0.29) is 17.9 Å². The number of benzene rings is 2. The van der Waals surface area contributed by atoms with Gasteiger partial charge in [-0.25, -0.2) is 0 Å². The van der Waals surface area contributed by atoms with Crippen LogP contribution in [-0.2, 0) is 4.74 Å². The SMILES string of the molecule is CC(=CC(OC(C)(C)C)[SiH](c1ccccc1)c1ccccc1)CCCO. The van der Waals surface area contributed by atoms with Gasteiger partial charge in [-0.15, -0.1) is 0 Å². The fourth-order valence-electron chi connectivity index (χ4n) is 3.22. The third-order valence-corrected chi connectivity index (χ3v) is 7.51. The summed E-state index contributed by atoms with van der Waals surface area (Å²) >= 11 is 0. The highest BCUT2D eigenvalue weighted by molar-refractivity contribution is 6.86. The van der Waals surface area contributed by atoms with Crippen molar-refractivity contribution in [1.29, 1.82) is 0 Å². The van der Waals surface area contributed by atoms with Gasteiger partial charge in [-0.3, -0.25) is 0 Å². The molecule has 2 aromatic rings. The summed E-state index contributed by atoms with van der Waals surface area (Å²) in [6.45, 7) is 8.75. The molecule has 2 nitrogen and oxygen atoms in total. The highest BCUT2D eigenvalue weighted by Crippen LogP contribution is 2.17. The van der Waals surface area contributed by atoms with Crippen LogP contribution in [0.4, 0.5) is 0 Å². The van der Waals surface area contributed by atoms with E-state index in [2.05, 4.69) is 94.4 Å². The summed E-state index contributed by atoms with van der Waals surface area (Å²) in [5.74, 6) is 0. The van der Waals surface area contributed by atoms with E-state index in [9.17, 15) is 0 Å². The standard InChI is InChI=1S/C23H32O2Si/c1-19(12-11-17-24)18-22(25-23(2,3)4)26(20-13-7-5-8-14-20)21-15-9-6-10-16-21/h5-10,13-16,18,22,24,26H,11-12,17H2,1-4H3. The molecule has 0 aliphatic rings. The second kappa shape index (κ2) is 9.86. The molecule has 0 bridgehead atoms. The first-order valence-corrected chi connectivity index (χ1v) is 11.3. The van der Waals surface area contributed by atoms with Gasteiger partial charge in [0, 0.05) is 6.61 Å². The number of hydrogen-bond acceptors (Lipinski definition) is 2. The zero-order valence-corrected chi connectivity index (χ0v) is 17.6. The molecule has 0 saturated heterocycles. The molecule has 0 radical (unpaired) electrons. The molecule has 1 atom stereocenters. The molecule has 0 aliphatic heterocycles. The van der Waals surface area contributed by atoms with Crippen molar-refractivity contribution in [3.05, 3.63) is 72.3 Å². The van der Waals surface area contributed by atoms with E-state index in [4.69, 9.17) is 9.84 Å². The van der Waals surface area contributed by atoms with Crippen LogP contribution in [0.5, 0.6) is 0 Å². The smallest absolute Gasteiger partial charge is 0.139 e. The molecule has 0 spiro atoms. The lowest BCUT2D eigenvalue weighted by Crippen LogP contribution is -2.54. The number of aliphatic hydroxyl groups is 1. The van der Waals surface area contributed by atoms with Crippen LogP contribution in [-0.4, -0.2) is 31.8 Å². The Bertz CT molecular complexity index is 635. The Morgan fingerprint density at radius 3 is 1.92 bits per heavy atom. The Balaban J connectivity index is 2.47. The molecule has 2 rings (SSSR count). The average molecular weight is 369 g/mol. The number of ether oxygens (including phenoxy) is 1. The fraction of sp³-hybridized carbons (Fsp3) is 0.391. The highest BCUT2D eigenvalue weighted by Gasteiger charge is 2.29. The zero-order valence-electron chi connectivity index (χ0n) is 16.5. The van der Waals surface area contributed by atoms with Gasteiger partial charge in [0.05, 0.1) is 11.3 Å². The second-order valence-electron chi connectivity index (χ2n) is 7.83. The zero-order chi connectivity index (χ0) is 19.0. The number of rotatable bonds is 8. The Hall–Kier alpha value is -1.68. The maximum Gasteiger partial charge on any atom is 0.139 e. The topological polar surface area (TPSA) is 29.5 Å². The Labute approximate surface area is 160 Å². The minimum Gasteiger partial charge on any atom is -0.396 e. The average Bonchev–Trinajstić information content (AvgIpc) is 2.60. The summed E-state index contributed by atoms with van der Waals surface area (Å²) in [4.78, 5) is 0. The number of allylic oxidation sites excluding steroid dienone is 1. The minimum absolute atomic E-state index is 0.0680. The molecule has 140 valence electrons. The van der Waals surface area contributed by atoms with Crippen LogP contribution in [0.25, 0.3) is 0 Å². The van der Waals surface area contributed by atoms with Gasteiger partial charge in [0.1, 0.15) is 8.80 Å². The van der Waals surface area contributed by atoms with Crippen LogP contribution >= 0.6 is 0 Å². The Morgan fingerprint density at radius 1 is 1.00 bits per heavy atom. The molecule has 26 heavy (non-hydrogen) atoms. The van der Waals surface area contributed by atoms with Gasteiger partial charge < -0.3 is 9.84 Å². The molecule has 0 saturated carbocycles. The van der Waals surface area contributed by atoms with Crippen molar-refractivity contribution in [3.63, 3.8) is 0 Å². The molecule has 2 aromatic carbocycles. The first kappa shape index (κ1) is 20.6. The second-order valence-corrected chi connectivity index (χ2v) is 10.8. The summed E-state index contributed by atoms with van der Waals surface area (Å²) in [5, 5.41) is 11.9. The predicted octanol–water partition coefficient (Wildman–Crippen LogP) is 3.47. The minimum atomic E-state index is -1.62. The fourth-order valence-corrected chi connectivity index (χ4v) is 6.70. The van der Waals surface area contributed by atoms with Crippen LogP contribution in [0, 0.1) is 0 Å². The highest BCUT2D eigenvalue weighted by atomic mass is 28.3. The van der Waals surface area contributed by atoms with E-state index in [1.807, 2.05) is 0 Å². The first-order chi connectivity index (χ1) is 12.4. The van der Waals surface area contributed by atoms with Crippen LogP contribution in [0.15, 0.2) is 72.3 Å². The third kappa shape index (κ3) is 6.56. The molecule has 0 heterocycles. The molecule has 1 N–H and O–H groups in total. The number of aliphatic hydroxyl groups excluding tert-OH is 1. The monoisotopic (exact) mass is 368 g/mol. The van der Waals surface area contributed by atoms with Crippen molar-refractivity contribution in [2.75, 3.05) is 6.61 Å². The Kier molecular flexibility index (Phi) is 7.82. The summed E-state index contributed by atoms with van der Waals surface area (Å²) in [6.07, 6.45) is 4.01. The number of hydrogen-bond donors (Lipinski definition) is 1. The van der Waals surface area contributed by atoms with E-state index in [0.29, 0.717) is 0 Å². The van der Waals surface area contributed by atoms with Gasteiger partial charge in [-0.05, 0) is 40.5 Å². The van der Waals surface area contributed by atoms with E-state index >= 15 is 0 Å². The largest absolute Gasteiger partial charge is 0.396 e. The third-order valence-electron chi connectivity index (χ3n) is 4.31. The van der Waals surface area contributed by atoms with Crippen molar-refractivity contribution in [1.82, 2.24) is 0 Å². The maximum absolute atomic E-state index is 9.15. The summed E-state index contributed by atoms with van der Waals surface area (Å²) in [6, 6.07) is 21.6. The van der Waals surface area contributed by atoms with E-state index in [1.54, 1.807) is 0 Å². The molecule has 0 aromatic heterocycles. The van der Waals surface area contributed by atoms with Crippen molar-refractivity contribution in [2.45, 2.75) is 51.9 Å². The lowest BCUT2D eigenvalue weighted by molar-refractivity contribution is -0.00657. The van der Waals surface area contributed by atoms with E-state index in [0.717, 1.165) is 12.8 Å². The van der Waals surface area contributed by atoms with Crippen LogP contribution in [0.1, 0.15) is 40.5 Å². The normalized spacial score (nSPS) is 13.8. The molecule has 0 fully saturated rings. The maximum atomic E-state index is 9.15. The quantitative estimate of drug-likeness (QED) is 0.571. The lowest BCUT2D eigenvalue weighted by Gasteiger charge is -2.32. The molecular weight excluding hydrogens is 336 g/mol. The van der Waals surface area contributed by atoms with Crippen LogP contribution in [0.2, 0.25) is 0 Å². The van der Waals surface area contributed by atoms with E-state index in [1.165, 1.54) is 15.9 Å². The summed E-state index contributed by atoms with van der Waals surface area (Å²) in [7, 11) is -1.62. The van der Waals surface area contributed by atoms with Crippen molar-refractivity contribution in [2.24, 2.45) is 0 Å². The van der Waals surface area contributed by atoms with Gasteiger partial charge in [-0.1, -0.05) is 82.7 Å². The molecule has 0 aliphatic carbocycles. The first-order valence-electron chi connectivity index (χ1n) is 9.46. The van der Waals surface area contributed by atoms with Gasteiger partial charge >= 0.3 is 0 Å². The molecular formula is C23H32O2Si. The van der Waals surface area contributed by atoms with Crippen molar-refractivity contribution >= 4 is 19.2 Å². The molecule has 0 amide bonds. The van der Waals surface area contributed by atoms with Gasteiger partial charge in [0.2, 0.25) is 0 Å². The lowest BCUT2D eigenvalue weighted by atomic mass is 10.1. The van der Waals surface area contributed by atoms with Crippen molar-refractivity contribution < 1.29 is 9.84 Å². The van der Waals surface area contributed by atoms with Gasteiger partial charge in [0.25, 0.3) is 0 Å². The van der Waals surface area contributed by atoms with Crippen LogP contribution in [0.3, 0.4) is 0 Å². The van der Waals surface area contributed by atoms with Gasteiger partial charge in [-0.2, -0.15) is 0 Å².